The first-order valence-corrected chi connectivity index (χ1v) is 8.79. The van der Waals surface area contributed by atoms with Crippen molar-refractivity contribution in [1.82, 2.24) is 5.32 Å². The van der Waals surface area contributed by atoms with E-state index in [9.17, 15) is 0 Å². The lowest BCUT2D eigenvalue weighted by Crippen LogP contribution is -2.46. The molecule has 118 valence electrons. The Morgan fingerprint density at radius 1 is 1.05 bits per heavy atom. The van der Waals surface area contributed by atoms with Crippen molar-refractivity contribution in [3.05, 3.63) is 33.8 Å². The Kier molecular flexibility index (Phi) is 5.62. The van der Waals surface area contributed by atoms with Crippen LogP contribution in [-0.2, 0) is 5.41 Å². The van der Waals surface area contributed by atoms with Crippen molar-refractivity contribution >= 4 is 23.2 Å². The molecule has 1 aromatic rings. The molecule has 1 aliphatic rings. The largest absolute Gasteiger partial charge is 0.311 e. The van der Waals surface area contributed by atoms with Crippen LogP contribution >= 0.6 is 23.2 Å². The fraction of sp³-hybridized carbons (Fsp3) is 0.667. The van der Waals surface area contributed by atoms with Gasteiger partial charge in [-0.15, -0.1) is 0 Å². The average molecular weight is 328 g/mol. The van der Waals surface area contributed by atoms with Gasteiger partial charge in [0.15, 0.2) is 0 Å². The summed E-state index contributed by atoms with van der Waals surface area (Å²) in [5.74, 6) is 0. The topological polar surface area (TPSA) is 12.0 Å². The Morgan fingerprint density at radius 3 is 2.19 bits per heavy atom. The van der Waals surface area contributed by atoms with Crippen LogP contribution < -0.4 is 5.32 Å². The molecule has 0 aromatic heterocycles. The highest BCUT2D eigenvalue weighted by atomic mass is 35.5. The van der Waals surface area contributed by atoms with Crippen molar-refractivity contribution < 1.29 is 0 Å². The van der Waals surface area contributed by atoms with Crippen LogP contribution in [0.2, 0.25) is 10.0 Å². The van der Waals surface area contributed by atoms with Gasteiger partial charge in [0.2, 0.25) is 0 Å². The molecule has 1 N–H and O–H groups in total. The Labute approximate surface area is 139 Å². The molecule has 0 aliphatic heterocycles. The summed E-state index contributed by atoms with van der Waals surface area (Å²) < 4.78 is 0. The SMILES string of the molecule is CC(C)(C)NCC1(c2ccc(Cl)cc2Cl)CCCCCC1. The molecule has 21 heavy (non-hydrogen) atoms. The van der Waals surface area contributed by atoms with Gasteiger partial charge in [0.25, 0.3) is 0 Å². The molecule has 0 spiro atoms. The number of halogens is 2. The third-order valence-electron chi connectivity index (χ3n) is 4.52. The summed E-state index contributed by atoms with van der Waals surface area (Å²) in [6.07, 6.45) is 7.65. The van der Waals surface area contributed by atoms with Gasteiger partial charge in [0, 0.05) is 27.5 Å². The van der Waals surface area contributed by atoms with Gasteiger partial charge in [0.05, 0.1) is 0 Å². The van der Waals surface area contributed by atoms with E-state index < -0.39 is 0 Å². The molecule has 1 aliphatic carbocycles. The molecule has 0 heterocycles. The van der Waals surface area contributed by atoms with Crippen LogP contribution in [0.5, 0.6) is 0 Å². The van der Waals surface area contributed by atoms with Crippen molar-refractivity contribution in [1.29, 1.82) is 0 Å². The molecule has 0 saturated heterocycles. The minimum absolute atomic E-state index is 0.123. The second kappa shape index (κ2) is 6.89. The van der Waals surface area contributed by atoms with Gasteiger partial charge in [-0.1, -0.05) is 55.0 Å². The third kappa shape index (κ3) is 4.61. The van der Waals surface area contributed by atoms with Crippen LogP contribution in [0.3, 0.4) is 0 Å². The first-order valence-electron chi connectivity index (χ1n) is 8.03. The molecule has 0 unspecified atom stereocenters. The van der Waals surface area contributed by atoms with Crippen molar-refractivity contribution in [2.75, 3.05) is 6.54 Å². The van der Waals surface area contributed by atoms with Gasteiger partial charge in [-0.25, -0.2) is 0 Å². The highest BCUT2D eigenvalue weighted by Crippen LogP contribution is 2.42. The predicted molar refractivity (Wildman–Crippen MR) is 93.6 cm³/mol. The van der Waals surface area contributed by atoms with Gasteiger partial charge in [0.1, 0.15) is 0 Å². The fourth-order valence-corrected chi connectivity index (χ4v) is 3.91. The molecule has 2 rings (SSSR count). The standard InChI is InChI=1S/C18H27Cl2N/c1-17(2,3)21-13-18(10-6-4-5-7-11-18)15-9-8-14(19)12-16(15)20/h8-9,12,21H,4-7,10-11,13H2,1-3H3. The lowest BCUT2D eigenvalue weighted by atomic mass is 9.73. The van der Waals surface area contributed by atoms with Crippen LogP contribution in [0, 0.1) is 0 Å². The lowest BCUT2D eigenvalue weighted by molar-refractivity contribution is 0.300. The summed E-state index contributed by atoms with van der Waals surface area (Å²) in [6, 6.07) is 6.01. The van der Waals surface area contributed by atoms with Gasteiger partial charge in [-0.3, -0.25) is 0 Å². The maximum Gasteiger partial charge on any atom is 0.0458 e. The summed E-state index contributed by atoms with van der Waals surface area (Å²) in [5, 5.41) is 5.25. The molecule has 1 aromatic carbocycles. The predicted octanol–water partition coefficient (Wildman–Crippen LogP) is 5.97. The highest BCUT2D eigenvalue weighted by Gasteiger charge is 2.35. The monoisotopic (exact) mass is 327 g/mol. The molecular formula is C18H27Cl2N. The molecular weight excluding hydrogens is 301 g/mol. The first-order chi connectivity index (χ1) is 9.82. The number of hydrogen-bond donors (Lipinski definition) is 1. The van der Waals surface area contributed by atoms with Gasteiger partial charge in [-0.05, 0) is 51.3 Å². The van der Waals surface area contributed by atoms with E-state index >= 15 is 0 Å². The van der Waals surface area contributed by atoms with Crippen molar-refractivity contribution in [2.45, 2.75) is 70.3 Å². The van der Waals surface area contributed by atoms with E-state index in [-0.39, 0.29) is 11.0 Å². The Hall–Kier alpha value is -0.240. The summed E-state index contributed by atoms with van der Waals surface area (Å²) in [6.45, 7) is 7.65. The molecule has 0 amide bonds. The van der Waals surface area contributed by atoms with E-state index in [2.05, 4.69) is 32.2 Å². The number of rotatable bonds is 3. The molecule has 1 nitrogen and oxygen atoms in total. The quantitative estimate of drug-likeness (QED) is 0.674. The van der Waals surface area contributed by atoms with Crippen molar-refractivity contribution in [3.8, 4) is 0 Å². The van der Waals surface area contributed by atoms with E-state index in [1.807, 2.05) is 12.1 Å². The highest BCUT2D eigenvalue weighted by molar-refractivity contribution is 6.35. The summed E-state index contributed by atoms with van der Waals surface area (Å²) >= 11 is 12.6. The zero-order valence-electron chi connectivity index (χ0n) is 13.4. The van der Waals surface area contributed by atoms with Crippen molar-refractivity contribution in [3.63, 3.8) is 0 Å². The van der Waals surface area contributed by atoms with E-state index in [1.165, 1.54) is 44.1 Å². The van der Waals surface area contributed by atoms with Crippen LogP contribution in [0.4, 0.5) is 0 Å². The van der Waals surface area contributed by atoms with Gasteiger partial charge < -0.3 is 5.32 Å². The van der Waals surface area contributed by atoms with Crippen LogP contribution in [0.15, 0.2) is 18.2 Å². The molecule has 3 heteroatoms. The fourth-order valence-electron chi connectivity index (χ4n) is 3.30. The summed E-state index contributed by atoms with van der Waals surface area (Å²) in [4.78, 5) is 0. The Morgan fingerprint density at radius 2 is 1.67 bits per heavy atom. The Balaban J connectivity index is 2.34. The summed E-state index contributed by atoms with van der Waals surface area (Å²) in [7, 11) is 0. The van der Waals surface area contributed by atoms with Gasteiger partial charge in [-0.2, -0.15) is 0 Å². The van der Waals surface area contributed by atoms with E-state index in [0.29, 0.717) is 0 Å². The molecule has 1 fully saturated rings. The minimum atomic E-state index is 0.123. The van der Waals surface area contributed by atoms with Crippen LogP contribution in [0.25, 0.3) is 0 Å². The first kappa shape index (κ1) is 17.1. The van der Waals surface area contributed by atoms with Gasteiger partial charge >= 0.3 is 0 Å². The number of hydrogen-bond acceptors (Lipinski definition) is 1. The Bertz CT molecular complexity index is 469. The molecule has 0 atom stereocenters. The molecule has 0 radical (unpaired) electrons. The number of nitrogens with one attached hydrogen (secondary N) is 1. The maximum atomic E-state index is 6.54. The number of benzene rings is 1. The average Bonchev–Trinajstić information content (AvgIpc) is 2.62. The van der Waals surface area contributed by atoms with E-state index in [4.69, 9.17) is 23.2 Å². The lowest BCUT2D eigenvalue weighted by Gasteiger charge is -2.37. The van der Waals surface area contributed by atoms with Crippen LogP contribution in [-0.4, -0.2) is 12.1 Å². The minimum Gasteiger partial charge on any atom is -0.311 e. The van der Waals surface area contributed by atoms with E-state index in [1.54, 1.807) is 0 Å². The van der Waals surface area contributed by atoms with Crippen LogP contribution in [0.1, 0.15) is 64.9 Å². The normalized spacial score (nSPS) is 19.3. The second-order valence-corrected chi connectivity index (χ2v) is 8.27. The molecule has 0 bridgehead atoms. The third-order valence-corrected chi connectivity index (χ3v) is 5.07. The molecule has 1 saturated carbocycles. The zero-order valence-corrected chi connectivity index (χ0v) is 14.9. The maximum absolute atomic E-state index is 6.54. The zero-order chi connectivity index (χ0) is 15.5. The van der Waals surface area contributed by atoms with Crippen molar-refractivity contribution in [2.24, 2.45) is 0 Å². The van der Waals surface area contributed by atoms with E-state index in [0.717, 1.165) is 16.6 Å². The second-order valence-electron chi connectivity index (χ2n) is 7.42. The summed E-state index contributed by atoms with van der Waals surface area (Å²) in [5.41, 5.74) is 1.54. The smallest absolute Gasteiger partial charge is 0.0458 e.